The highest BCUT2D eigenvalue weighted by molar-refractivity contribution is 8.00. The SMILES string of the molecule is S=C=NC1Nc2ccccc2S1. The second-order valence-corrected chi connectivity index (χ2v) is 3.64. The zero-order valence-corrected chi connectivity index (χ0v) is 7.78. The van der Waals surface area contributed by atoms with E-state index in [-0.39, 0.29) is 5.50 Å². The Labute approximate surface area is 80.1 Å². The average molecular weight is 194 g/mol. The fourth-order valence-electron chi connectivity index (χ4n) is 1.08. The zero-order valence-electron chi connectivity index (χ0n) is 6.15. The van der Waals surface area contributed by atoms with Gasteiger partial charge in [0.25, 0.3) is 0 Å². The van der Waals surface area contributed by atoms with E-state index in [0.717, 1.165) is 5.69 Å². The predicted octanol–water partition coefficient (Wildman–Crippen LogP) is 2.59. The highest BCUT2D eigenvalue weighted by Gasteiger charge is 2.18. The monoisotopic (exact) mass is 194 g/mol. The number of fused-ring (bicyclic) bond motifs is 1. The van der Waals surface area contributed by atoms with E-state index in [4.69, 9.17) is 0 Å². The lowest BCUT2D eigenvalue weighted by molar-refractivity contribution is 1.09. The second kappa shape index (κ2) is 3.27. The van der Waals surface area contributed by atoms with Crippen LogP contribution in [-0.4, -0.2) is 10.7 Å². The molecule has 60 valence electrons. The summed E-state index contributed by atoms with van der Waals surface area (Å²) < 4.78 is 0. The number of hydrogen-bond acceptors (Lipinski definition) is 4. The van der Waals surface area contributed by atoms with Crippen molar-refractivity contribution in [2.24, 2.45) is 4.99 Å². The molecule has 0 fully saturated rings. The minimum atomic E-state index is 0.0138. The Balaban J connectivity index is 2.27. The number of rotatable bonds is 1. The molecule has 1 heterocycles. The normalized spacial score (nSPS) is 19.2. The maximum absolute atomic E-state index is 4.53. The number of benzene rings is 1. The second-order valence-electron chi connectivity index (χ2n) is 2.33. The van der Waals surface area contributed by atoms with Gasteiger partial charge in [0.15, 0.2) is 5.50 Å². The molecule has 1 N–H and O–H groups in total. The van der Waals surface area contributed by atoms with Crippen LogP contribution in [0, 0.1) is 0 Å². The molecular weight excluding hydrogens is 188 g/mol. The van der Waals surface area contributed by atoms with Crippen LogP contribution in [0.5, 0.6) is 0 Å². The lowest BCUT2D eigenvalue weighted by Crippen LogP contribution is -2.04. The highest BCUT2D eigenvalue weighted by atomic mass is 32.2. The van der Waals surface area contributed by atoms with Crippen molar-refractivity contribution >= 4 is 34.8 Å². The van der Waals surface area contributed by atoms with E-state index in [2.05, 4.69) is 33.8 Å². The summed E-state index contributed by atoms with van der Waals surface area (Å²) >= 11 is 6.18. The van der Waals surface area contributed by atoms with Crippen LogP contribution in [0.3, 0.4) is 0 Å². The number of thioether (sulfide) groups is 1. The maximum Gasteiger partial charge on any atom is 0.180 e. The molecule has 4 heteroatoms. The van der Waals surface area contributed by atoms with Gasteiger partial charge in [0.1, 0.15) is 0 Å². The molecule has 1 aliphatic heterocycles. The summed E-state index contributed by atoms with van der Waals surface area (Å²) in [5.74, 6) is 0. The molecule has 1 unspecified atom stereocenters. The number of para-hydroxylation sites is 1. The van der Waals surface area contributed by atoms with Gasteiger partial charge in [-0.2, -0.15) is 4.99 Å². The molecule has 12 heavy (non-hydrogen) atoms. The summed E-state index contributed by atoms with van der Waals surface area (Å²) in [4.78, 5) is 5.17. The summed E-state index contributed by atoms with van der Waals surface area (Å²) in [5, 5.41) is 5.57. The largest absolute Gasteiger partial charge is 0.354 e. The van der Waals surface area contributed by atoms with Gasteiger partial charge in [-0.25, -0.2) is 0 Å². The fraction of sp³-hybridized carbons (Fsp3) is 0.125. The van der Waals surface area contributed by atoms with Gasteiger partial charge in [-0.05, 0) is 24.4 Å². The molecular formula is C8H6N2S2. The molecule has 0 radical (unpaired) electrons. The number of nitrogens with one attached hydrogen (secondary N) is 1. The van der Waals surface area contributed by atoms with Crippen molar-refractivity contribution in [3.63, 3.8) is 0 Å². The standard InChI is InChI=1S/C8H6N2S2/c11-5-9-8-10-6-3-1-2-4-7(6)12-8/h1-4,8,10H. The summed E-state index contributed by atoms with van der Waals surface area (Å²) in [6, 6.07) is 8.10. The van der Waals surface area contributed by atoms with Crippen molar-refractivity contribution in [3.05, 3.63) is 24.3 Å². The summed E-state index contributed by atoms with van der Waals surface area (Å²) in [6.45, 7) is 0. The van der Waals surface area contributed by atoms with Gasteiger partial charge in [-0.15, -0.1) is 0 Å². The summed E-state index contributed by atoms with van der Waals surface area (Å²) in [7, 11) is 0. The Morgan fingerprint density at radius 3 is 3.08 bits per heavy atom. The van der Waals surface area contributed by atoms with Crippen LogP contribution in [0.2, 0.25) is 0 Å². The fourth-order valence-corrected chi connectivity index (χ4v) is 2.19. The predicted molar refractivity (Wildman–Crippen MR) is 54.7 cm³/mol. The van der Waals surface area contributed by atoms with Crippen LogP contribution >= 0.6 is 24.0 Å². The third-order valence-electron chi connectivity index (χ3n) is 1.57. The van der Waals surface area contributed by atoms with Crippen LogP contribution < -0.4 is 5.32 Å². The van der Waals surface area contributed by atoms with E-state index in [1.165, 1.54) is 4.90 Å². The molecule has 1 atom stereocenters. The first-order chi connectivity index (χ1) is 5.90. The van der Waals surface area contributed by atoms with Crippen LogP contribution in [-0.2, 0) is 0 Å². The van der Waals surface area contributed by atoms with E-state index in [1.54, 1.807) is 11.8 Å². The van der Waals surface area contributed by atoms with Gasteiger partial charge in [0.2, 0.25) is 0 Å². The molecule has 1 aromatic rings. The molecule has 0 aliphatic carbocycles. The first kappa shape index (κ1) is 7.80. The Morgan fingerprint density at radius 1 is 1.50 bits per heavy atom. The van der Waals surface area contributed by atoms with E-state index in [1.807, 2.05) is 18.2 Å². The lowest BCUT2D eigenvalue weighted by Gasteiger charge is -1.99. The Morgan fingerprint density at radius 2 is 2.33 bits per heavy atom. The van der Waals surface area contributed by atoms with E-state index >= 15 is 0 Å². The Hall–Kier alpha value is -0.830. The van der Waals surface area contributed by atoms with Gasteiger partial charge in [-0.3, -0.25) is 0 Å². The van der Waals surface area contributed by atoms with Gasteiger partial charge in [-0.1, -0.05) is 23.9 Å². The highest BCUT2D eigenvalue weighted by Crippen LogP contribution is 2.38. The number of nitrogens with zero attached hydrogens (tertiary/aromatic N) is 1. The average Bonchev–Trinajstić information content (AvgIpc) is 2.47. The van der Waals surface area contributed by atoms with Gasteiger partial charge in [0.05, 0.1) is 10.8 Å². The van der Waals surface area contributed by atoms with Crippen LogP contribution in [0.1, 0.15) is 0 Å². The van der Waals surface area contributed by atoms with Crippen LogP contribution in [0.25, 0.3) is 0 Å². The molecule has 2 nitrogen and oxygen atoms in total. The summed E-state index contributed by atoms with van der Waals surface area (Å²) in [6.07, 6.45) is 0. The molecule has 0 bridgehead atoms. The molecule has 0 amide bonds. The minimum Gasteiger partial charge on any atom is -0.354 e. The smallest absolute Gasteiger partial charge is 0.180 e. The minimum absolute atomic E-state index is 0.0138. The Bertz CT molecular complexity index is 320. The van der Waals surface area contributed by atoms with E-state index in [9.17, 15) is 0 Å². The van der Waals surface area contributed by atoms with Crippen molar-refractivity contribution in [2.45, 2.75) is 10.4 Å². The molecule has 0 saturated heterocycles. The van der Waals surface area contributed by atoms with Gasteiger partial charge in [0, 0.05) is 4.90 Å². The Kier molecular flexibility index (Phi) is 2.13. The molecule has 1 aromatic carbocycles. The number of hydrogen-bond donors (Lipinski definition) is 1. The van der Waals surface area contributed by atoms with Crippen molar-refractivity contribution in [2.75, 3.05) is 5.32 Å². The van der Waals surface area contributed by atoms with Crippen LogP contribution in [0.4, 0.5) is 5.69 Å². The lowest BCUT2D eigenvalue weighted by atomic mass is 10.3. The van der Waals surface area contributed by atoms with Crippen molar-refractivity contribution < 1.29 is 0 Å². The molecule has 0 spiro atoms. The first-order valence-electron chi connectivity index (χ1n) is 3.49. The molecule has 0 saturated carbocycles. The quantitative estimate of drug-likeness (QED) is 0.549. The number of aliphatic imine (C=N–C) groups is 1. The topological polar surface area (TPSA) is 24.4 Å². The third kappa shape index (κ3) is 1.37. The van der Waals surface area contributed by atoms with Gasteiger partial charge < -0.3 is 5.32 Å². The number of anilines is 1. The zero-order chi connectivity index (χ0) is 8.39. The van der Waals surface area contributed by atoms with Crippen molar-refractivity contribution in [3.8, 4) is 0 Å². The molecule has 0 aromatic heterocycles. The first-order valence-corrected chi connectivity index (χ1v) is 4.78. The molecule has 1 aliphatic rings. The summed E-state index contributed by atoms with van der Waals surface area (Å²) in [5.41, 5.74) is 1.14. The number of thiocarbonyl (C=S) groups is 1. The van der Waals surface area contributed by atoms with E-state index in [0.29, 0.717) is 0 Å². The van der Waals surface area contributed by atoms with Crippen LogP contribution in [0.15, 0.2) is 34.2 Å². The van der Waals surface area contributed by atoms with Crippen molar-refractivity contribution in [1.29, 1.82) is 0 Å². The van der Waals surface area contributed by atoms with Gasteiger partial charge >= 0.3 is 0 Å². The number of isothiocyanates is 1. The third-order valence-corrected chi connectivity index (χ3v) is 2.74. The van der Waals surface area contributed by atoms with E-state index < -0.39 is 0 Å². The molecule has 2 rings (SSSR count). The van der Waals surface area contributed by atoms with Crippen molar-refractivity contribution in [1.82, 2.24) is 0 Å². The maximum atomic E-state index is 4.53.